The lowest BCUT2D eigenvalue weighted by Gasteiger charge is -2.30. The summed E-state index contributed by atoms with van der Waals surface area (Å²) in [4.78, 5) is 35.0. The van der Waals surface area contributed by atoms with Crippen LogP contribution >= 0.6 is 0 Å². The average Bonchev–Trinajstić information content (AvgIpc) is 2.70. The van der Waals surface area contributed by atoms with Gasteiger partial charge in [0.05, 0.1) is 29.5 Å². The number of rotatable bonds is 8. The Kier molecular flexibility index (Phi) is 7.11. The maximum absolute atomic E-state index is 12.9. The van der Waals surface area contributed by atoms with Gasteiger partial charge in [0.15, 0.2) is 0 Å². The van der Waals surface area contributed by atoms with E-state index in [0.717, 1.165) is 16.6 Å². The second-order valence-electron chi connectivity index (χ2n) is 6.32. The second-order valence-corrected chi connectivity index (χ2v) is 8.18. The molecule has 0 bridgehead atoms. The number of esters is 1. The highest BCUT2D eigenvalue weighted by molar-refractivity contribution is 7.92. The van der Waals surface area contributed by atoms with Crippen molar-refractivity contribution < 1.29 is 27.7 Å². The van der Waals surface area contributed by atoms with E-state index in [4.69, 9.17) is 0 Å². The number of nitro benzene ring substituents is 1. The van der Waals surface area contributed by atoms with Crippen LogP contribution in [0.3, 0.4) is 0 Å². The molecule has 160 valence electrons. The standard InChI is InChI=1S/C19H21N3O7S/c1-4-17(18(23)20-14-8-5-7-13(11-14)19(24)29-2)21(30(3,27)28)15-9-6-10-16(12-15)22(25)26/h5-12,17H,4H2,1-3H3,(H,20,23). The van der Waals surface area contributed by atoms with Gasteiger partial charge < -0.3 is 10.1 Å². The monoisotopic (exact) mass is 435 g/mol. The summed E-state index contributed by atoms with van der Waals surface area (Å²) in [7, 11) is -2.73. The van der Waals surface area contributed by atoms with Gasteiger partial charge in [0.2, 0.25) is 15.9 Å². The molecule has 0 heterocycles. The number of sulfonamides is 1. The minimum Gasteiger partial charge on any atom is -0.465 e. The van der Waals surface area contributed by atoms with Crippen LogP contribution in [0.15, 0.2) is 48.5 Å². The highest BCUT2D eigenvalue weighted by atomic mass is 32.2. The van der Waals surface area contributed by atoms with Crippen molar-refractivity contribution in [3.63, 3.8) is 0 Å². The maximum atomic E-state index is 12.9. The summed E-state index contributed by atoms with van der Waals surface area (Å²) in [5.74, 6) is -1.25. The van der Waals surface area contributed by atoms with E-state index in [1.54, 1.807) is 6.92 Å². The fraction of sp³-hybridized carbons (Fsp3) is 0.263. The summed E-state index contributed by atoms with van der Waals surface area (Å²) in [6, 6.07) is 9.84. The van der Waals surface area contributed by atoms with Gasteiger partial charge in [-0.2, -0.15) is 0 Å². The first-order valence-corrected chi connectivity index (χ1v) is 10.7. The van der Waals surface area contributed by atoms with Crippen LogP contribution < -0.4 is 9.62 Å². The molecule has 0 radical (unpaired) electrons. The zero-order valence-electron chi connectivity index (χ0n) is 16.6. The van der Waals surface area contributed by atoms with Gasteiger partial charge in [-0.05, 0) is 30.7 Å². The number of amides is 1. The smallest absolute Gasteiger partial charge is 0.337 e. The molecule has 0 aliphatic carbocycles. The predicted octanol–water partition coefficient (Wildman–Crippen LogP) is 2.56. The molecule has 2 rings (SSSR count). The molecule has 2 aromatic rings. The molecule has 2 aromatic carbocycles. The molecule has 30 heavy (non-hydrogen) atoms. The number of nitrogens with zero attached hydrogens (tertiary/aromatic N) is 2. The summed E-state index contributed by atoms with van der Waals surface area (Å²) in [6.45, 7) is 1.62. The third-order valence-electron chi connectivity index (χ3n) is 4.18. The highest BCUT2D eigenvalue weighted by Crippen LogP contribution is 2.27. The van der Waals surface area contributed by atoms with Crippen molar-refractivity contribution in [3.8, 4) is 0 Å². The SMILES string of the molecule is CCC(C(=O)Nc1cccc(C(=O)OC)c1)N(c1cccc([N+](=O)[O-])c1)S(C)(=O)=O. The van der Waals surface area contributed by atoms with Crippen LogP contribution in [0.25, 0.3) is 0 Å². The summed E-state index contributed by atoms with van der Waals surface area (Å²) >= 11 is 0. The predicted molar refractivity (Wildman–Crippen MR) is 111 cm³/mol. The first-order valence-electron chi connectivity index (χ1n) is 8.81. The van der Waals surface area contributed by atoms with Crippen LogP contribution in [-0.2, 0) is 19.6 Å². The second kappa shape index (κ2) is 9.35. The van der Waals surface area contributed by atoms with Gasteiger partial charge in [0.1, 0.15) is 6.04 Å². The van der Waals surface area contributed by atoms with E-state index in [-0.39, 0.29) is 29.0 Å². The molecular weight excluding hydrogens is 414 g/mol. The maximum Gasteiger partial charge on any atom is 0.337 e. The van der Waals surface area contributed by atoms with Gasteiger partial charge in [-0.15, -0.1) is 0 Å². The highest BCUT2D eigenvalue weighted by Gasteiger charge is 2.32. The number of hydrogen-bond donors (Lipinski definition) is 1. The van der Waals surface area contributed by atoms with Crippen LogP contribution in [0.2, 0.25) is 0 Å². The first-order chi connectivity index (χ1) is 14.1. The number of anilines is 2. The van der Waals surface area contributed by atoms with Gasteiger partial charge in [-0.1, -0.05) is 19.1 Å². The van der Waals surface area contributed by atoms with Crippen molar-refractivity contribution in [3.05, 3.63) is 64.2 Å². The summed E-state index contributed by atoms with van der Waals surface area (Å²) < 4.78 is 30.4. The van der Waals surface area contributed by atoms with Crippen molar-refractivity contribution in [2.45, 2.75) is 19.4 Å². The molecule has 0 aromatic heterocycles. The van der Waals surface area contributed by atoms with E-state index >= 15 is 0 Å². The minimum atomic E-state index is -3.96. The number of methoxy groups -OCH3 is 1. The van der Waals surface area contributed by atoms with Crippen molar-refractivity contribution in [1.82, 2.24) is 0 Å². The molecule has 0 fully saturated rings. The zero-order chi connectivity index (χ0) is 22.5. The van der Waals surface area contributed by atoms with Crippen molar-refractivity contribution >= 4 is 39.0 Å². The van der Waals surface area contributed by atoms with Crippen LogP contribution in [0.4, 0.5) is 17.1 Å². The Morgan fingerprint density at radius 1 is 1.20 bits per heavy atom. The molecule has 11 heteroatoms. The summed E-state index contributed by atoms with van der Waals surface area (Å²) in [5.41, 5.74) is 0.176. The molecule has 1 atom stereocenters. The fourth-order valence-corrected chi connectivity index (χ4v) is 4.07. The molecular formula is C19H21N3O7S. The molecule has 0 aliphatic heterocycles. The molecule has 0 saturated carbocycles. The number of non-ortho nitro benzene ring substituents is 1. The summed E-state index contributed by atoms with van der Waals surface area (Å²) in [5, 5.41) is 13.7. The van der Waals surface area contributed by atoms with Crippen LogP contribution in [0, 0.1) is 10.1 Å². The lowest BCUT2D eigenvalue weighted by molar-refractivity contribution is -0.384. The molecule has 0 aliphatic rings. The Morgan fingerprint density at radius 3 is 2.43 bits per heavy atom. The number of carbonyl (C=O) groups is 2. The zero-order valence-corrected chi connectivity index (χ0v) is 17.4. The molecule has 1 unspecified atom stereocenters. The fourth-order valence-electron chi connectivity index (χ4n) is 2.87. The third kappa shape index (κ3) is 5.32. The number of hydrogen-bond acceptors (Lipinski definition) is 7. The number of nitrogens with one attached hydrogen (secondary N) is 1. The van der Waals surface area contributed by atoms with Crippen molar-refractivity contribution in [1.29, 1.82) is 0 Å². The normalized spacial score (nSPS) is 12.0. The minimum absolute atomic E-state index is 0.00277. The Hall–Kier alpha value is -3.47. The van der Waals surface area contributed by atoms with Crippen LogP contribution in [-0.4, -0.2) is 44.6 Å². The van der Waals surface area contributed by atoms with E-state index < -0.39 is 32.9 Å². The first kappa shape index (κ1) is 22.8. The lowest BCUT2D eigenvalue weighted by atomic mass is 10.1. The largest absolute Gasteiger partial charge is 0.465 e. The quantitative estimate of drug-likeness (QED) is 0.382. The van der Waals surface area contributed by atoms with Crippen molar-refractivity contribution in [2.24, 2.45) is 0 Å². The Morgan fingerprint density at radius 2 is 1.87 bits per heavy atom. The van der Waals surface area contributed by atoms with Gasteiger partial charge >= 0.3 is 5.97 Å². The van der Waals surface area contributed by atoms with Crippen molar-refractivity contribution in [2.75, 3.05) is 23.0 Å². The van der Waals surface area contributed by atoms with E-state index in [0.29, 0.717) is 0 Å². The Labute approximate surface area is 173 Å². The van der Waals surface area contributed by atoms with Gasteiger partial charge in [0, 0.05) is 17.8 Å². The topological polar surface area (TPSA) is 136 Å². The van der Waals surface area contributed by atoms with Crippen LogP contribution in [0.5, 0.6) is 0 Å². The lowest BCUT2D eigenvalue weighted by Crippen LogP contribution is -2.47. The van der Waals surface area contributed by atoms with E-state index in [1.165, 1.54) is 49.6 Å². The van der Waals surface area contributed by atoms with E-state index in [9.17, 15) is 28.1 Å². The Balaban J connectivity index is 2.41. The number of nitro groups is 1. The number of ether oxygens (including phenoxy) is 1. The third-order valence-corrected chi connectivity index (χ3v) is 5.36. The van der Waals surface area contributed by atoms with Gasteiger partial charge in [-0.3, -0.25) is 19.2 Å². The molecule has 0 spiro atoms. The summed E-state index contributed by atoms with van der Waals surface area (Å²) in [6.07, 6.45) is 1.01. The molecule has 0 saturated heterocycles. The molecule has 10 nitrogen and oxygen atoms in total. The van der Waals surface area contributed by atoms with E-state index in [2.05, 4.69) is 10.1 Å². The van der Waals surface area contributed by atoms with Crippen LogP contribution in [0.1, 0.15) is 23.7 Å². The number of benzene rings is 2. The molecule has 1 N–H and O–H groups in total. The molecule has 1 amide bonds. The average molecular weight is 435 g/mol. The van der Waals surface area contributed by atoms with Gasteiger partial charge in [0.25, 0.3) is 5.69 Å². The van der Waals surface area contributed by atoms with E-state index in [1.807, 2.05) is 0 Å². The number of carbonyl (C=O) groups excluding carboxylic acids is 2. The Bertz CT molecular complexity index is 1070. The van der Waals surface area contributed by atoms with Gasteiger partial charge in [-0.25, -0.2) is 13.2 Å².